The summed E-state index contributed by atoms with van der Waals surface area (Å²) in [5.41, 5.74) is 7.36. The summed E-state index contributed by atoms with van der Waals surface area (Å²) < 4.78 is 6.23. The summed E-state index contributed by atoms with van der Waals surface area (Å²) in [5.74, 6) is 1.19. The third-order valence-corrected chi connectivity index (χ3v) is 3.75. The first-order valence-electron chi connectivity index (χ1n) is 6.74. The summed E-state index contributed by atoms with van der Waals surface area (Å²) >= 11 is 3.38. The number of likely N-dealkylation sites (N-methyl/N-ethyl adjacent to an activating group) is 1. The normalized spacial score (nSPS) is 11.2. The quantitative estimate of drug-likeness (QED) is 0.820. The molecule has 1 aromatic heterocycles. The minimum atomic E-state index is 0.476. The van der Waals surface area contributed by atoms with E-state index >= 15 is 0 Å². The van der Waals surface area contributed by atoms with E-state index in [0.717, 1.165) is 36.1 Å². The van der Waals surface area contributed by atoms with Gasteiger partial charge in [0.2, 0.25) is 0 Å². The second-order valence-corrected chi connectivity index (χ2v) is 5.44. The van der Waals surface area contributed by atoms with Crippen molar-refractivity contribution < 1.29 is 4.52 Å². The standard InChI is InChI=1S/C14H19BrN4O/c1-3-19(4-2)8-7-13-17-14(20-18-13)11-6-5-10(15)9-12(11)16/h5-6,9H,3-4,7-8,16H2,1-2H3. The number of halogens is 1. The van der Waals surface area contributed by atoms with Gasteiger partial charge in [-0.15, -0.1) is 0 Å². The number of hydrogen-bond donors (Lipinski definition) is 1. The first-order valence-corrected chi connectivity index (χ1v) is 7.53. The second-order valence-electron chi connectivity index (χ2n) is 4.52. The summed E-state index contributed by atoms with van der Waals surface area (Å²) in [5, 5.41) is 4.02. The van der Waals surface area contributed by atoms with Gasteiger partial charge in [-0.25, -0.2) is 0 Å². The van der Waals surface area contributed by atoms with Crippen LogP contribution in [0.5, 0.6) is 0 Å². The molecule has 2 rings (SSSR count). The molecule has 0 aliphatic rings. The van der Waals surface area contributed by atoms with Crippen molar-refractivity contribution in [1.82, 2.24) is 15.0 Å². The van der Waals surface area contributed by atoms with Gasteiger partial charge < -0.3 is 15.2 Å². The van der Waals surface area contributed by atoms with Gasteiger partial charge in [-0.2, -0.15) is 4.98 Å². The third kappa shape index (κ3) is 3.58. The molecular weight excluding hydrogens is 320 g/mol. The largest absolute Gasteiger partial charge is 0.398 e. The van der Waals surface area contributed by atoms with Crippen molar-refractivity contribution >= 4 is 21.6 Å². The van der Waals surface area contributed by atoms with Crippen molar-refractivity contribution in [2.45, 2.75) is 20.3 Å². The molecule has 6 heteroatoms. The molecular formula is C14H19BrN4O. The highest BCUT2D eigenvalue weighted by atomic mass is 79.9. The van der Waals surface area contributed by atoms with Crippen LogP contribution in [0.25, 0.3) is 11.5 Å². The van der Waals surface area contributed by atoms with E-state index in [4.69, 9.17) is 10.3 Å². The zero-order valence-corrected chi connectivity index (χ0v) is 13.4. The molecule has 0 aliphatic heterocycles. The molecule has 0 aliphatic carbocycles. The molecule has 2 N–H and O–H groups in total. The first kappa shape index (κ1) is 15.0. The minimum absolute atomic E-state index is 0.476. The summed E-state index contributed by atoms with van der Waals surface area (Å²) in [6, 6.07) is 5.61. The summed E-state index contributed by atoms with van der Waals surface area (Å²) in [4.78, 5) is 6.74. The van der Waals surface area contributed by atoms with Gasteiger partial charge in [0.1, 0.15) is 0 Å². The molecule has 2 aromatic rings. The Labute approximate surface area is 127 Å². The first-order chi connectivity index (χ1) is 9.63. The predicted octanol–water partition coefficient (Wildman–Crippen LogP) is 2.97. The third-order valence-electron chi connectivity index (χ3n) is 3.26. The molecule has 0 fully saturated rings. The van der Waals surface area contributed by atoms with Crippen LogP contribution in [0.3, 0.4) is 0 Å². The fourth-order valence-electron chi connectivity index (χ4n) is 1.99. The van der Waals surface area contributed by atoms with Crippen LogP contribution in [0.15, 0.2) is 27.2 Å². The van der Waals surface area contributed by atoms with E-state index in [9.17, 15) is 0 Å². The number of nitrogens with two attached hydrogens (primary N) is 1. The maximum atomic E-state index is 5.96. The lowest BCUT2D eigenvalue weighted by Gasteiger charge is -2.16. The van der Waals surface area contributed by atoms with Gasteiger partial charge in [0.05, 0.1) is 5.56 Å². The molecule has 0 saturated carbocycles. The Morgan fingerprint density at radius 3 is 2.70 bits per heavy atom. The fourth-order valence-corrected chi connectivity index (χ4v) is 2.37. The lowest BCUT2D eigenvalue weighted by atomic mass is 10.2. The number of nitrogens with zero attached hydrogens (tertiary/aromatic N) is 3. The Morgan fingerprint density at radius 2 is 2.05 bits per heavy atom. The number of hydrogen-bond acceptors (Lipinski definition) is 5. The number of aromatic nitrogens is 2. The number of rotatable bonds is 6. The van der Waals surface area contributed by atoms with Gasteiger partial charge in [-0.3, -0.25) is 0 Å². The molecule has 0 unspecified atom stereocenters. The van der Waals surface area contributed by atoms with E-state index in [1.54, 1.807) is 0 Å². The topological polar surface area (TPSA) is 68.2 Å². The average Bonchev–Trinajstić information content (AvgIpc) is 2.88. The zero-order valence-electron chi connectivity index (χ0n) is 11.8. The summed E-state index contributed by atoms with van der Waals surface area (Å²) in [6.45, 7) is 7.28. The van der Waals surface area contributed by atoms with Gasteiger partial charge in [0.25, 0.3) is 5.89 Å². The Morgan fingerprint density at radius 1 is 1.30 bits per heavy atom. The van der Waals surface area contributed by atoms with Crippen molar-refractivity contribution in [3.05, 3.63) is 28.5 Å². The van der Waals surface area contributed by atoms with Crippen LogP contribution in [0, 0.1) is 0 Å². The monoisotopic (exact) mass is 338 g/mol. The van der Waals surface area contributed by atoms with Crippen LogP contribution in [0.1, 0.15) is 19.7 Å². The average molecular weight is 339 g/mol. The van der Waals surface area contributed by atoms with E-state index < -0.39 is 0 Å². The Bertz CT molecular complexity index is 566. The highest BCUT2D eigenvalue weighted by Crippen LogP contribution is 2.27. The van der Waals surface area contributed by atoms with Gasteiger partial charge in [0.15, 0.2) is 5.82 Å². The molecule has 0 amide bonds. The smallest absolute Gasteiger partial charge is 0.260 e. The molecule has 0 radical (unpaired) electrons. The van der Waals surface area contributed by atoms with E-state index in [1.165, 1.54) is 0 Å². The Balaban J connectivity index is 2.08. The second kappa shape index (κ2) is 6.85. The molecule has 5 nitrogen and oxygen atoms in total. The Kier molecular flexibility index (Phi) is 5.14. The van der Waals surface area contributed by atoms with E-state index in [1.807, 2.05) is 18.2 Å². The van der Waals surface area contributed by atoms with Gasteiger partial charge >= 0.3 is 0 Å². The molecule has 1 heterocycles. The Hall–Kier alpha value is -1.40. The maximum Gasteiger partial charge on any atom is 0.260 e. The van der Waals surface area contributed by atoms with Crippen molar-refractivity contribution in [1.29, 1.82) is 0 Å². The molecule has 108 valence electrons. The number of anilines is 1. The van der Waals surface area contributed by atoms with Gasteiger partial charge in [-0.05, 0) is 31.3 Å². The summed E-state index contributed by atoms with van der Waals surface area (Å²) in [6.07, 6.45) is 0.779. The van der Waals surface area contributed by atoms with Crippen molar-refractivity contribution in [3.63, 3.8) is 0 Å². The molecule has 1 aromatic carbocycles. The summed E-state index contributed by atoms with van der Waals surface area (Å²) in [7, 11) is 0. The zero-order chi connectivity index (χ0) is 14.5. The van der Waals surface area contributed by atoms with Gasteiger partial charge in [0, 0.05) is 23.1 Å². The molecule has 20 heavy (non-hydrogen) atoms. The van der Waals surface area contributed by atoms with E-state index in [2.05, 4.69) is 44.8 Å². The maximum absolute atomic E-state index is 5.96. The van der Waals surface area contributed by atoms with Gasteiger partial charge in [-0.1, -0.05) is 34.9 Å². The highest BCUT2D eigenvalue weighted by molar-refractivity contribution is 9.10. The van der Waals surface area contributed by atoms with Crippen LogP contribution in [0.4, 0.5) is 5.69 Å². The highest BCUT2D eigenvalue weighted by Gasteiger charge is 2.12. The molecule has 0 atom stereocenters. The van der Waals surface area contributed by atoms with E-state index in [-0.39, 0.29) is 0 Å². The van der Waals surface area contributed by atoms with Crippen molar-refractivity contribution in [2.24, 2.45) is 0 Å². The van der Waals surface area contributed by atoms with E-state index in [0.29, 0.717) is 17.4 Å². The van der Waals surface area contributed by atoms with Crippen molar-refractivity contribution in [3.8, 4) is 11.5 Å². The lowest BCUT2D eigenvalue weighted by Crippen LogP contribution is -2.25. The lowest BCUT2D eigenvalue weighted by molar-refractivity contribution is 0.303. The fraction of sp³-hybridized carbons (Fsp3) is 0.429. The molecule has 0 spiro atoms. The predicted molar refractivity (Wildman–Crippen MR) is 83.3 cm³/mol. The van der Waals surface area contributed by atoms with Crippen LogP contribution >= 0.6 is 15.9 Å². The number of benzene rings is 1. The van der Waals surface area contributed by atoms with Crippen LogP contribution in [-0.4, -0.2) is 34.7 Å². The molecule has 0 saturated heterocycles. The van der Waals surface area contributed by atoms with Crippen LogP contribution in [0.2, 0.25) is 0 Å². The van der Waals surface area contributed by atoms with Crippen LogP contribution in [-0.2, 0) is 6.42 Å². The minimum Gasteiger partial charge on any atom is -0.398 e. The van der Waals surface area contributed by atoms with Crippen LogP contribution < -0.4 is 5.73 Å². The van der Waals surface area contributed by atoms with Crippen molar-refractivity contribution in [2.75, 3.05) is 25.4 Å². The number of nitrogen functional groups attached to an aromatic ring is 1. The SMILES string of the molecule is CCN(CC)CCc1noc(-c2ccc(Br)cc2N)n1. The molecule has 0 bridgehead atoms.